The molecular weight excluding hydrogens is 265 g/mol. The van der Waals surface area contributed by atoms with Crippen molar-refractivity contribution >= 4 is 18.0 Å². The number of hydrogen-bond donors (Lipinski definition) is 2. The number of likely N-dealkylation sites (N-methyl/N-ethyl adjacent to an activating group) is 1. The second kappa shape index (κ2) is 4.05. The van der Waals surface area contributed by atoms with E-state index < -0.39 is 23.9 Å². The van der Waals surface area contributed by atoms with E-state index in [2.05, 4.69) is 15.4 Å². The summed E-state index contributed by atoms with van der Waals surface area (Å²) < 4.78 is 38.7. The first-order valence-corrected chi connectivity index (χ1v) is 5.37. The zero-order chi connectivity index (χ0) is 14.4. The average Bonchev–Trinajstić information content (AvgIpc) is 2.61. The van der Waals surface area contributed by atoms with Crippen molar-refractivity contribution in [2.75, 3.05) is 7.05 Å². The van der Waals surface area contributed by atoms with E-state index in [0.29, 0.717) is 0 Å². The zero-order valence-corrected chi connectivity index (χ0v) is 10.1. The number of rotatable bonds is 1. The summed E-state index contributed by atoms with van der Waals surface area (Å²) >= 11 is 0. The monoisotopic (exact) mass is 276 g/mol. The minimum Gasteiger partial charge on any atom is -0.360 e. The molecule has 2 N–H and O–H groups in total. The fraction of sp³-hybridized carbons (Fsp3) is 0.500. The Morgan fingerprint density at radius 2 is 2.21 bits per heavy atom. The molecule has 2 unspecified atom stereocenters. The first-order chi connectivity index (χ1) is 8.72. The molecule has 2 rings (SSSR count). The number of fused-ring (bicyclic) bond motifs is 1. The Morgan fingerprint density at radius 1 is 1.58 bits per heavy atom. The number of hydrogen-bond acceptors (Lipinski definition) is 5. The van der Waals surface area contributed by atoms with Crippen LogP contribution in [0.25, 0.3) is 0 Å². The number of halogens is 3. The van der Waals surface area contributed by atoms with Crippen LogP contribution >= 0.6 is 0 Å². The fourth-order valence-electron chi connectivity index (χ4n) is 1.86. The smallest absolute Gasteiger partial charge is 0.360 e. The van der Waals surface area contributed by atoms with Crippen LogP contribution < -0.4 is 5.32 Å². The zero-order valence-electron chi connectivity index (χ0n) is 10.1. The summed E-state index contributed by atoms with van der Waals surface area (Å²) in [6.45, 7) is 1.13. The van der Waals surface area contributed by atoms with Gasteiger partial charge in [-0.3, -0.25) is 4.79 Å². The van der Waals surface area contributed by atoms with E-state index in [1.807, 2.05) is 0 Å². The van der Waals surface area contributed by atoms with Crippen molar-refractivity contribution in [3.05, 3.63) is 11.6 Å². The molecule has 2 aliphatic heterocycles. The van der Waals surface area contributed by atoms with Crippen LogP contribution in [0.15, 0.2) is 21.7 Å². The highest BCUT2D eigenvalue weighted by molar-refractivity contribution is 6.24. The summed E-state index contributed by atoms with van der Waals surface area (Å²) in [5, 5.41) is 16.6. The Labute approximate surface area is 106 Å². The molecule has 0 aromatic rings. The number of allylic oxidation sites excluding steroid dienone is 1. The summed E-state index contributed by atoms with van der Waals surface area (Å²) in [6.07, 6.45) is -2.54. The summed E-state index contributed by atoms with van der Waals surface area (Å²) in [7, 11) is 1.34. The van der Waals surface area contributed by atoms with Crippen LogP contribution in [0.4, 0.5) is 13.2 Å². The molecule has 104 valence electrons. The van der Waals surface area contributed by atoms with E-state index >= 15 is 0 Å². The number of aliphatic hydroxyl groups is 1. The minimum absolute atomic E-state index is 0.0791. The van der Waals surface area contributed by atoms with Crippen molar-refractivity contribution in [2.45, 2.75) is 24.9 Å². The molecule has 2 atom stereocenters. The molecule has 0 spiro atoms. The van der Waals surface area contributed by atoms with Gasteiger partial charge in [0.15, 0.2) is 5.84 Å². The van der Waals surface area contributed by atoms with E-state index in [4.69, 9.17) is 0 Å². The largest absolute Gasteiger partial charge is 0.440 e. The molecule has 0 aromatic heterocycles. The summed E-state index contributed by atoms with van der Waals surface area (Å²) in [5.74, 6) is -0.900. The van der Waals surface area contributed by atoms with Crippen molar-refractivity contribution in [3.63, 3.8) is 0 Å². The topological polar surface area (TPSA) is 77.3 Å². The molecule has 19 heavy (non-hydrogen) atoms. The third kappa shape index (κ3) is 1.81. The lowest BCUT2D eigenvalue weighted by Gasteiger charge is -2.30. The van der Waals surface area contributed by atoms with Crippen molar-refractivity contribution in [1.29, 1.82) is 0 Å². The van der Waals surface area contributed by atoms with Crippen LogP contribution in [0.5, 0.6) is 0 Å². The van der Waals surface area contributed by atoms with Crippen molar-refractivity contribution in [2.24, 2.45) is 10.1 Å². The number of hydrazone groups is 1. The van der Waals surface area contributed by atoms with Crippen LogP contribution in [0.2, 0.25) is 0 Å². The number of carbonyl (C=O) groups is 1. The lowest BCUT2D eigenvalue weighted by Crippen LogP contribution is -2.53. The number of carbonyl (C=O) groups excluding carboxylic acids is 1. The summed E-state index contributed by atoms with van der Waals surface area (Å²) in [6, 6.07) is -1.45. The van der Waals surface area contributed by atoms with Gasteiger partial charge in [-0.2, -0.15) is 18.3 Å². The quantitative estimate of drug-likeness (QED) is 0.708. The van der Waals surface area contributed by atoms with E-state index in [0.717, 1.165) is 11.9 Å². The molecule has 1 amide bonds. The number of nitrogens with one attached hydrogen (secondary N) is 1. The molecule has 0 aliphatic carbocycles. The highest BCUT2D eigenvalue weighted by Crippen LogP contribution is 2.41. The van der Waals surface area contributed by atoms with Gasteiger partial charge in [-0.25, -0.2) is 10.0 Å². The SMILES string of the molecule is CNC(=O)C1=CC=NN2C1=NC(O)(C(F)(F)F)C2C. The normalized spacial score (nSPS) is 29.8. The van der Waals surface area contributed by atoms with Gasteiger partial charge in [-0.05, 0) is 13.0 Å². The molecule has 0 saturated carbocycles. The fourth-order valence-corrected chi connectivity index (χ4v) is 1.86. The van der Waals surface area contributed by atoms with Crippen molar-refractivity contribution in [1.82, 2.24) is 10.3 Å². The van der Waals surface area contributed by atoms with Crippen LogP contribution in [0.1, 0.15) is 6.92 Å². The van der Waals surface area contributed by atoms with Gasteiger partial charge in [0.05, 0.1) is 5.57 Å². The number of amides is 1. The number of alkyl halides is 3. The highest BCUT2D eigenvalue weighted by Gasteiger charge is 2.64. The number of nitrogens with zero attached hydrogens (tertiary/aromatic N) is 3. The molecular formula is C10H11F3N4O2. The summed E-state index contributed by atoms with van der Waals surface area (Å²) in [4.78, 5) is 14.8. The van der Waals surface area contributed by atoms with Gasteiger partial charge in [0.2, 0.25) is 0 Å². The molecule has 0 saturated heterocycles. The maximum absolute atomic E-state index is 12.9. The van der Waals surface area contributed by atoms with Crippen LogP contribution in [0, 0.1) is 0 Å². The lowest BCUT2D eigenvalue weighted by atomic mass is 10.1. The molecule has 0 fully saturated rings. The van der Waals surface area contributed by atoms with E-state index in [9.17, 15) is 23.1 Å². The standard InChI is InChI=1S/C10H11F3N4O2/c1-5-9(19,10(11,12)13)16-7-6(8(18)14-2)3-4-15-17(5)7/h3-5,19H,1-2H3,(H,14,18). The first-order valence-electron chi connectivity index (χ1n) is 5.37. The van der Waals surface area contributed by atoms with Crippen LogP contribution in [-0.4, -0.2) is 53.1 Å². The van der Waals surface area contributed by atoms with Gasteiger partial charge in [0, 0.05) is 13.3 Å². The Bertz CT molecular complexity index is 511. The van der Waals surface area contributed by atoms with Crippen molar-refractivity contribution < 1.29 is 23.1 Å². The van der Waals surface area contributed by atoms with E-state index in [1.165, 1.54) is 19.3 Å². The van der Waals surface area contributed by atoms with Crippen LogP contribution in [-0.2, 0) is 4.79 Å². The molecule has 0 bridgehead atoms. The molecule has 0 radical (unpaired) electrons. The second-order valence-corrected chi connectivity index (χ2v) is 4.10. The number of aliphatic imine (C=N–C) groups is 1. The Morgan fingerprint density at radius 3 is 2.74 bits per heavy atom. The highest BCUT2D eigenvalue weighted by atomic mass is 19.4. The van der Waals surface area contributed by atoms with Gasteiger partial charge < -0.3 is 10.4 Å². The van der Waals surface area contributed by atoms with E-state index in [1.54, 1.807) is 0 Å². The summed E-state index contributed by atoms with van der Waals surface area (Å²) in [5.41, 5.74) is -3.36. The molecule has 0 aromatic carbocycles. The van der Waals surface area contributed by atoms with Gasteiger partial charge in [0.25, 0.3) is 11.6 Å². The Balaban J connectivity index is 2.50. The number of amidine groups is 1. The maximum Gasteiger partial charge on any atom is 0.440 e. The Kier molecular flexibility index (Phi) is 2.89. The molecule has 2 heterocycles. The van der Waals surface area contributed by atoms with Gasteiger partial charge in [0.1, 0.15) is 6.04 Å². The van der Waals surface area contributed by atoms with Gasteiger partial charge >= 0.3 is 6.18 Å². The maximum atomic E-state index is 12.9. The Hall–Kier alpha value is -1.90. The van der Waals surface area contributed by atoms with Gasteiger partial charge in [-0.1, -0.05) is 0 Å². The van der Waals surface area contributed by atoms with E-state index in [-0.39, 0.29) is 11.4 Å². The third-order valence-corrected chi connectivity index (χ3v) is 3.00. The third-order valence-electron chi connectivity index (χ3n) is 3.00. The predicted octanol–water partition coefficient (Wildman–Crippen LogP) is 0.0117. The molecule has 6 nitrogen and oxygen atoms in total. The van der Waals surface area contributed by atoms with Gasteiger partial charge in [-0.15, -0.1) is 0 Å². The minimum atomic E-state index is -4.96. The predicted molar refractivity (Wildman–Crippen MR) is 60.4 cm³/mol. The second-order valence-electron chi connectivity index (χ2n) is 4.10. The van der Waals surface area contributed by atoms with Crippen LogP contribution in [0.3, 0.4) is 0 Å². The first kappa shape index (κ1) is 13.5. The lowest BCUT2D eigenvalue weighted by molar-refractivity contribution is -0.266. The van der Waals surface area contributed by atoms with Crippen molar-refractivity contribution in [3.8, 4) is 0 Å². The molecule has 2 aliphatic rings. The molecule has 9 heteroatoms. The average molecular weight is 276 g/mol.